The van der Waals surface area contributed by atoms with E-state index in [1.165, 1.54) is 21.1 Å². The zero-order valence-corrected chi connectivity index (χ0v) is 5.79. The Bertz CT molecular complexity index is 77.0. The van der Waals surface area contributed by atoms with Crippen molar-refractivity contribution in [2.45, 2.75) is 19.0 Å². The molecule has 56 valence electrons. The maximum absolute atomic E-state index is 9.01. The van der Waals surface area contributed by atoms with Crippen LogP contribution in [0.1, 0.15) is 6.92 Å². The highest BCUT2D eigenvalue weighted by molar-refractivity contribution is 4.58. The van der Waals surface area contributed by atoms with Crippen LogP contribution in [0.25, 0.3) is 0 Å². The average Bonchev–Trinajstić information content (AvgIpc) is 1.86. The molecule has 0 aliphatic carbocycles. The van der Waals surface area contributed by atoms with Crippen molar-refractivity contribution in [2.75, 3.05) is 14.2 Å². The predicted molar refractivity (Wildman–Crippen MR) is 30.6 cm³/mol. The molecule has 0 aromatic carbocycles. The second kappa shape index (κ2) is 3.12. The van der Waals surface area contributed by atoms with Crippen LogP contribution in [0.2, 0.25) is 0 Å². The third-order valence-corrected chi connectivity index (χ3v) is 1.11. The van der Waals surface area contributed by atoms with E-state index in [2.05, 4.69) is 9.47 Å². The van der Waals surface area contributed by atoms with Crippen LogP contribution in [-0.4, -0.2) is 36.5 Å². The highest BCUT2D eigenvalue weighted by atomic mass is 16.8. The number of ether oxygens (including phenoxy) is 2. The maximum Gasteiger partial charge on any atom is 0.307 e. The lowest BCUT2D eigenvalue weighted by Gasteiger charge is -2.26. The van der Waals surface area contributed by atoms with Crippen molar-refractivity contribution < 1.29 is 19.7 Å². The highest BCUT2D eigenvalue weighted by Crippen LogP contribution is 2.10. The standard InChI is InChI=1S/C5H12O4/c1-4(6)5(7,8-2)9-3/h4,6-7H,1-3H3. The Balaban J connectivity index is 3.92. The lowest BCUT2D eigenvalue weighted by molar-refractivity contribution is -0.374. The number of hydrogen-bond donors (Lipinski definition) is 2. The van der Waals surface area contributed by atoms with Crippen LogP contribution >= 0.6 is 0 Å². The minimum absolute atomic E-state index is 1.06. The van der Waals surface area contributed by atoms with Gasteiger partial charge in [-0.25, -0.2) is 0 Å². The summed E-state index contributed by atoms with van der Waals surface area (Å²) >= 11 is 0. The Morgan fingerprint density at radius 3 is 1.67 bits per heavy atom. The van der Waals surface area contributed by atoms with Crippen molar-refractivity contribution in [1.82, 2.24) is 0 Å². The van der Waals surface area contributed by atoms with E-state index in [1.54, 1.807) is 0 Å². The molecule has 0 spiro atoms. The van der Waals surface area contributed by atoms with Crippen LogP contribution in [-0.2, 0) is 9.47 Å². The van der Waals surface area contributed by atoms with Crippen LogP contribution in [0.3, 0.4) is 0 Å². The Kier molecular flexibility index (Phi) is 3.07. The molecular formula is C5H12O4. The van der Waals surface area contributed by atoms with Gasteiger partial charge in [0.15, 0.2) is 0 Å². The zero-order valence-electron chi connectivity index (χ0n) is 5.79. The lowest BCUT2D eigenvalue weighted by Crippen LogP contribution is -2.44. The molecule has 0 fully saturated rings. The summed E-state index contributed by atoms with van der Waals surface area (Å²) in [5.74, 6) is -1.86. The van der Waals surface area contributed by atoms with Gasteiger partial charge in [-0.2, -0.15) is 0 Å². The van der Waals surface area contributed by atoms with E-state index in [4.69, 9.17) is 10.2 Å². The highest BCUT2D eigenvalue weighted by Gasteiger charge is 2.32. The number of aliphatic hydroxyl groups excluding tert-OH is 1. The first-order chi connectivity index (χ1) is 4.06. The van der Waals surface area contributed by atoms with E-state index < -0.39 is 12.1 Å². The molecule has 1 atom stereocenters. The molecule has 4 heteroatoms. The summed E-state index contributed by atoms with van der Waals surface area (Å²) in [5.41, 5.74) is 0. The minimum Gasteiger partial charge on any atom is -0.385 e. The van der Waals surface area contributed by atoms with Crippen molar-refractivity contribution in [3.05, 3.63) is 0 Å². The van der Waals surface area contributed by atoms with Gasteiger partial charge in [-0.3, -0.25) is 0 Å². The first-order valence-electron chi connectivity index (χ1n) is 2.57. The molecule has 0 radical (unpaired) electrons. The van der Waals surface area contributed by atoms with Crippen LogP contribution in [0.15, 0.2) is 0 Å². The Morgan fingerprint density at radius 2 is 1.67 bits per heavy atom. The molecule has 1 unspecified atom stereocenters. The number of rotatable bonds is 3. The van der Waals surface area contributed by atoms with Gasteiger partial charge in [-0.05, 0) is 6.92 Å². The van der Waals surface area contributed by atoms with Crippen LogP contribution in [0.4, 0.5) is 0 Å². The molecule has 4 nitrogen and oxygen atoms in total. The molecule has 0 heterocycles. The topological polar surface area (TPSA) is 58.9 Å². The van der Waals surface area contributed by atoms with Gasteiger partial charge in [0.25, 0.3) is 0 Å². The summed E-state index contributed by atoms with van der Waals surface area (Å²) in [6, 6.07) is 0. The first-order valence-corrected chi connectivity index (χ1v) is 2.57. The number of aliphatic hydroxyl groups is 2. The molecule has 9 heavy (non-hydrogen) atoms. The van der Waals surface area contributed by atoms with Gasteiger partial charge < -0.3 is 19.7 Å². The summed E-state index contributed by atoms with van der Waals surface area (Å²) in [4.78, 5) is 0. The van der Waals surface area contributed by atoms with E-state index in [1.807, 2.05) is 0 Å². The summed E-state index contributed by atoms with van der Waals surface area (Å²) < 4.78 is 8.86. The van der Waals surface area contributed by atoms with Crippen molar-refractivity contribution in [1.29, 1.82) is 0 Å². The Labute approximate surface area is 54.0 Å². The third-order valence-electron chi connectivity index (χ3n) is 1.11. The van der Waals surface area contributed by atoms with E-state index in [9.17, 15) is 0 Å². The third kappa shape index (κ3) is 1.91. The fourth-order valence-electron chi connectivity index (χ4n) is 0.424. The van der Waals surface area contributed by atoms with Gasteiger partial charge in [-0.15, -0.1) is 0 Å². The molecule has 0 aromatic heterocycles. The molecule has 0 bridgehead atoms. The van der Waals surface area contributed by atoms with Crippen LogP contribution < -0.4 is 0 Å². The molecule has 0 saturated heterocycles. The van der Waals surface area contributed by atoms with Crippen molar-refractivity contribution in [3.63, 3.8) is 0 Å². The molecule has 0 rings (SSSR count). The minimum atomic E-state index is -1.86. The SMILES string of the molecule is COC(O)(OC)C(C)O. The number of methoxy groups -OCH3 is 2. The summed E-state index contributed by atoms with van der Waals surface area (Å²) in [6.07, 6.45) is -1.06. The molecule has 0 amide bonds. The van der Waals surface area contributed by atoms with Gasteiger partial charge >= 0.3 is 5.97 Å². The fraction of sp³-hybridized carbons (Fsp3) is 1.00. The van der Waals surface area contributed by atoms with E-state index in [0.717, 1.165) is 0 Å². The molecule has 0 aliphatic heterocycles. The monoisotopic (exact) mass is 136 g/mol. The smallest absolute Gasteiger partial charge is 0.307 e. The molecule has 2 N–H and O–H groups in total. The second-order valence-corrected chi connectivity index (χ2v) is 1.71. The summed E-state index contributed by atoms with van der Waals surface area (Å²) in [5, 5.41) is 17.8. The van der Waals surface area contributed by atoms with Crippen LogP contribution in [0.5, 0.6) is 0 Å². The molecule has 0 saturated carbocycles. The first kappa shape index (κ1) is 8.84. The van der Waals surface area contributed by atoms with Gasteiger partial charge in [0.1, 0.15) is 6.10 Å². The van der Waals surface area contributed by atoms with Gasteiger partial charge in [0.05, 0.1) is 0 Å². The van der Waals surface area contributed by atoms with Gasteiger partial charge in [0.2, 0.25) is 0 Å². The zero-order chi connectivity index (χ0) is 7.49. The lowest BCUT2D eigenvalue weighted by atomic mass is 10.3. The normalized spacial score (nSPS) is 15.7. The number of hydrogen-bond acceptors (Lipinski definition) is 4. The average molecular weight is 136 g/mol. The van der Waals surface area contributed by atoms with Crippen molar-refractivity contribution in [2.24, 2.45) is 0 Å². The van der Waals surface area contributed by atoms with Crippen molar-refractivity contribution >= 4 is 0 Å². The molecule has 0 aliphatic rings. The van der Waals surface area contributed by atoms with Crippen molar-refractivity contribution in [3.8, 4) is 0 Å². The largest absolute Gasteiger partial charge is 0.385 e. The van der Waals surface area contributed by atoms with E-state index in [-0.39, 0.29) is 0 Å². The summed E-state index contributed by atoms with van der Waals surface area (Å²) in [6.45, 7) is 1.37. The quantitative estimate of drug-likeness (QED) is 0.504. The fourth-order valence-corrected chi connectivity index (χ4v) is 0.424. The molecule has 0 aromatic rings. The second-order valence-electron chi connectivity index (χ2n) is 1.71. The predicted octanol–water partition coefficient (Wildman–Crippen LogP) is -0.694. The van der Waals surface area contributed by atoms with Gasteiger partial charge in [-0.1, -0.05) is 0 Å². The molecular weight excluding hydrogens is 124 g/mol. The van der Waals surface area contributed by atoms with E-state index in [0.29, 0.717) is 0 Å². The van der Waals surface area contributed by atoms with Crippen LogP contribution in [0, 0.1) is 0 Å². The summed E-state index contributed by atoms with van der Waals surface area (Å²) in [7, 11) is 2.49. The van der Waals surface area contributed by atoms with Gasteiger partial charge in [0, 0.05) is 14.2 Å². The Hall–Kier alpha value is -0.160. The Morgan fingerprint density at radius 1 is 1.33 bits per heavy atom. The maximum atomic E-state index is 9.01. The van der Waals surface area contributed by atoms with E-state index >= 15 is 0 Å².